The Labute approximate surface area is 106 Å². The summed E-state index contributed by atoms with van der Waals surface area (Å²) in [5, 5.41) is 3.47. The van der Waals surface area contributed by atoms with Crippen molar-refractivity contribution >= 4 is 0 Å². The lowest BCUT2D eigenvalue weighted by atomic mass is 9.80. The first-order valence-corrected chi connectivity index (χ1v) is 6.79. The van der Waals surface area contributed by atoms with E-state index in [1.165, 1.54) is 17.5 Å². The molecule has 1 aromatic carbocycles. The van der Waals surface area contributed by atoms with E-state index in [2.05, 4.69) is 57.3 Å². The fourth-order valence-electron chi connectivity index (χ4n) is 2.74. The van der Waals surface area contributed by atoms with Gasteiger partial charge in [-0.05, 0) is 47.9 Å². The largest absolute Gasteiger partial charge is 0.316 e. The van der Waals surface area contributed by atoms with Crippen LogP contribution in [-0.4, -0.2) is 13.1 Å². The van der Waals surface area contributed by atoms with Crippen LogP contribution in [0.15, 0.2) is 24.3 Å². The van der Waals surface area contributed by atoms with Crippen LogP contribution in [0.2, 0.25) is 0 Å². The molecule has 1 saturated heterocycles. The minimum Gasteiger partial charge on any atom is -0.316 e. The van der Waals surface area contributed by atoms with Gasteiger partial charge in [0.2, 0.25) is 0 Å². The van der Waals surface area contributed by atoms with E-state index in [-0.39, 0.29) is 5.41 Å². The fourth-order valence-corrected chi connectivity index (χ4v) is 2.74. The SMILES string of the molecule is CC1CNCCC1c1ccc(C(C)(C)C)cc1. The Kier molecular flexibility index (Phi) is 3.58. The third-order valence-corrected chi connectivity index (χ3v) is 3.99. The van der Waals surface area contributed by atoms with Crippen molar-refractivity contribution < 1.29 is 0 Å². The molecule has 1 fully saturated rings. The summed E-state index contributed by atoms with van der Waals surface area (Å²) in [5.41, 5.74) is 3.22. The number of piperidine rings is 1. The van der Waals surface area contributed by atoms with Gasteiger partial charge in [0.25, 0.3) is 0 Å². The molecule has 0 aromatic heterocycles. The molecule has 17 heavy (non-hydrogen) atoms. The predicted octanol–water partition coefficient (Wildman–Crippen LogP) is 3.70. The van der Waals surface area contributed by atoms with Crippen molar-refractivity contribution in [3.05, 3.63) is 35.4 Å². The molecule has 1 aromatic rings. The van der Waals surface area contributed by atoms with Crippen LogP contribution in [0.5, 0.6) is 0 Å². The molecule has 94 valence electrons. The monoisotopic (exact) mass is 231 g/mol. The predicted molar refractivity (Wildman–Crippen MR) is 74.5 cm³/mol. The van der Waals surface area contributed by atoms with Crippen LogP contribution in [0.1, 0.15) is 51.2 Å². The second-order valence-corrected chi connectivity index (χ2v) is 6.45. The molecule has 1 nitrogen and oxygen atoms in total. The van der Waals surface area contributed by atoms with Gasteiger partial charge in [-0.2, -0.15) is 0 Å². The smallest absolute Gasteiger partial charge is 0.00173 e. The zero-order valence-corrected chi connectivity index (χ0v) is 11.6. The summed E-state index contributed by atoms with van der Waals surface area (Å²) in [7, 11) is 0. The van der Waals surface area contributed by atoms with Gasteiger partial charge in [0.05, 0.1) is 0 Å². The molecule has 1 aliphatic heterocycles. The van der Waals surface area contributed by atoms with Gasteiger partial charge >= 0.3 is 0 Å². The highest BCUT2D eigenvalue weighted by Crippen LogP contribution is 2.31. The summed E-state index contributed by atoms with van der Waals surface area (Å²) in [6.07, 6.45) is 1.27. The quantitative estimate of drug-likeness (QED) is 0.777. The molecule has 0 saturated carbocycles. The van der Waals surface area contributed by atoms with E-state index < -0.39 is 0 Å². The van der Waals surface area contributed by atoms with Crippen LogP contribution >= 0.6 is 0 Å². The molecule has 2 unspecified atom stereocenters. The molecule has 0 aliphatic carbocycles. The van der Waals surface area contributed by atoms with Gasteiger partial charge in [0.15, 0.2) is 0 Å². The second kappa shape index (κ2) is 4.81. The van der Waals surface area contributed by atoms with E-state index in [0.29, 0.717) is 0 Å². The van der Waals surface area contributed by atoms with E-state index in [1.54, 1.807) is 0 Å². The Morgan fingerprint density at radius 1 is 1.12 bits per heavy atom. The minimum atomic E-state index is 0.262. The first kappa shape index (κ1) is 12.6. The van der Waals surface area contributed by atoms with Crippen LogP contribution < -0.4 is 5.32 Å². The lowest BCUT2D eigenvalue weighted by Gasteiger charge is -2.30. The highest BCUT2D eigenvalue weighted by Gasteiger charge is 2.23. The fraction of sp³-hybridized carbons (Fsp3) is 0.625. The molecule has 0 radical (unpaired) electrons. The lowest BCUT2D eigenvalue weighted by molar-refractivity contribution is 0.349. The van der Waals surface area contributed by atoms with Gasteiger partial charge < -0.3 is 5.32 Å². The maximum absolute atomic E-state index is 3.47. The molecule has 0 bridgehead atoms. The Morgan fingerprint density at radius 3 is 2.29 bits per heavy atom. The van der Waals surface area contributed by atoms with Gasteiger partial charge in [-0.1, -0.05) is 52.0 Å². The lowest BCUT2D eigenvalue weighted by Crippen LogP contribution is -2.33. The Balaban J connectivity index is 2.17. The van der Waals surface area contributed by atoms with Crippen LogP contribution in [0, 0.1) is 5.92 Å². The molecule has 1 heteroatoms. The second-order valence-electron chi connectivity index (χ2n) is 6.45. The molecule has 1 heterocycles. The van der Waals surface area contributed by atoms with E-state index in [1.807, 2.05) is 0 Å². The first-order chi connectivity index (χ1) is 7.98. The van der Waals surface area contributed by atoms with Crippen molar-refractivity contribution in [2.24, 2.45) is 5.92 Å². The van der Waals surface area contributed by atoms with Crippen molar-refractivity contribution in [3.8, 4) is 0 Å². The van der Waals surface area contributed by atoms with Gasteiger partial charge in [0.1, 0.15) is 0 Å². The summed E-state index contributed by atoms with van der Waals surface area (Å²) < 4.78 is 0. The zero-order valence-electron chi connectivity index (χ0n) is 11.6. The van der Waals surface area contributed by atoms with Gasteiger partial charge in [-0.3, -0.25) is 0 Å². The Bertz CT molecular complexity index is 358. The normalized spacial score (nSPS) is 25.9. The van der Waals surface area contributed by atoms with Crippen molar-refractivity contribution in [3.63, 3.8) is 0 Å². The zero-order chi connectivity index (χ0) is 12.5. The van der Waals surface area contributed by atoms with E-state index in [9.17, 15) is 0 Å². The Hall–Kier alpha value is -0.820. The van der Waals surface area contributed by atoms with Crippen LogP contribution in [0.3, 0.4) is 0 Å². The van der Waals surface area contributed by atoms with Crippen molar-refractivity contribution in [1.82, 2.24) is 5.32 Å². The third-order valence-electron chi connectivity index (χ3n) is 3.99. The molecular weight excluding hydrogens is 206 g/mol. The molecule has 2 rings (SSSR count). The van der Waals surface area contributed by atoms with E-state index >= 15 is 0 Å². The molecule has 2 atom stereocenters. The molecule has 0 spiro atoms. The van der Waals surface area contributed by atoms with E-state index in [0.717, 1.165) is 24.9 Å². The number of rotatable bonds is 1. The highest BCUT2D eigenvalue weighted by atomic mass is 14.9. The minimum absolute atomic E-state index is 0.262. The third kappa shape index (κ3) is 2.90. The molecule has 1 aliphatic rings. The van der Waals surface area contributed by atoms with Gasteiger partial charge in [-0.25, -0.2) is 0 Å². The summed E-state index contributed by atoms with van der Waals surface area (Å²) in [4.78, 5) is 0. The standard InChI is InChI=1S/C16H25N/c1-12-11-17-10-9-15(12)13-5-7-14(8-6-13)16(2,3)4/h5-8,12,15,17H,9-11H2,1-4H3. The average Bonchev–Trinajstić information content (AvgIpc) is 2.29. The number of nitrogens with one attached hydrogen (secondary N) is 1. The van der Waals surface area contributed by atoms with E-state index in [4.69, 9.17) is 0 Å². The van der Waals surface area contributed by atoms with Crippen molar-refractivity contribution in [2.45, 2.75) is 45.4 Å². The summed E-state index contributed by atoms with van der Waals surface area (Å²) in [6.45, 7) is 11.5. The van der Waals surface area contributed by atoms with Crippen LogP contribution in [0.25, 0.3) is 0 Å². The first-order valence-electron chi connectivity index (χ1n) is 6.79. The summed E-state index contributed by atoms with van der Waals surface area (Å²) in [5.74, 6) is 1.49. The summed E-state index contributed by atoms with van der Waals surface area (Å²) >= 11 is 0. The Morgan fingerprint density at radius 2 is 1.76 bits per heavy atom. The highest BCUT2D eigenvalue weighted by molar-refractivity contribution is 5.30. The van der Waals surface area contributed by atoms with Crippen molar-refractivity contribution in [1.29, 1.82) is 0 Å². The number of hydrogen-bond acceptors (Lipinski definition) is 1. The maximum atomic E-state index is 3.47. The van der Waals surface area contributed by atoms with Crippen LogP contribution in [0.4, 0.5) is 0 Å². The van der Waals surface area contributed by atoms with Crippen LogP contribution in [-0.2, 0) is 5.41 Å². The van der Waals surface area contributed by atoms with Crippen molar-refractivity contribution in [2.75, 3.05) is 13.1 Å². The topological polar surface area (TPSA) is 12.0 Å². The average molecular weight is 231 g/mol. The summed E-state index contributed by atoms with van der Waals surface area (Å²) in [6, 6.07) is 9.30. The molecular formula is C16H25N. The molecule has 1 N–H and O–H groups in total. The van der Waals surface area contributed by atoms with Gasteiger partial charge in [-0.15, -0.1) is 0 Å². The number of hydrogen-bond donors (Lipinski definition) is 1. The maximum Gasteiger partial charge on any atom is -0.00173 e. The molecule has 0 amide bonds. The van der Waals surface area contributed by atoms with Gasteiger partial charge in [0, 0.05) is 0 Å². The number of benzene rings is 1.